The van der Waals surface area contributed by atoms with Crippen LogP contribution < -0.4 is 4.72 Å². The molecule has 7 heteroatoms. The van der Waals surface area contributed by atoms with Gasteiger partial charge in [-0.15, -0.1) is 0 Å². The third kappa shape index (κ3) is 4.76. The van der Waals surface area contributed by atoms with E-state index in [1.165, 1.54) is 7.11 Å². The molecule has 1 fully saturated rings. The molecule has 1 aliphatic heterocycles. The predicted octanol–water partition coefficient (Wildman–Crippen LogP) is 1.16. The highest BCUT2D eigenvalue weighted by atomic mass is 32.2. The van der Waals surface area contributed by atoms with Crippen molar-refractivity contribution in [3.05, 3.63) is 29.8 Å². The molecule has 0 atom stereocenters. The predicted molar refractivity (Wildman–Crippen MR) is 87.6 cm³/mol. The largest absolute Gasteiger partial charge is 0.375 e. The summed E-state index contributed by atoms with van der Waals surface area (Å²) < 4.78 is 32.4. The molecule has 0 bridgehead atoms. The van der Waals surface area contributed by atoms with Crippen LogP contribution in [0, 0.1) is 0 Å². The van der Waals surface area contributed by atoms with Gasteiger partial charge in [0, 0.05) is 26.2 Å². The minimum Gasteiger partial charge on any atom is -0.375 e. The van der Waals surface area contributed by atoms with Gasteiger partial charge in [-0.1, -0.05) is 19.1 Å². The molecule has 1 aliphatic rings. The number of aryl methyl sites for hydroxylation is 1. The van der Waals surface area contributed by atoms with Crippen LogP contribution in [0.15, 0.2) is 29.2 Å². The second-order valence-electron chi connectivity index (χ2n) is 5.71. The van der Waals surface area contributed by atoms with Crippen molar-refractivity contribution in [2.24, 2.45) is 0 Å². The van der Waals surface area contributed by atoms with Gasteiger partial charge in [-0.05, 0) is 37.0 Å². The molecular weight excluding hydrogens is 316 g/mol. The molecular formula is C16H24N2O4S. The molecule has 0 aromatic heterocycles. The first-order valence-corrected chi connectivity index (χ1v) is 9.32. The second kappa shape index (κ2) is 7.90. The summed E-state index contributed by atoms with van der Waals surface area (Å²) in [5.41, 5.74) is 1.11. The highest BCUT2D eigenvalue weighted by Crippen LogP contribution is 2.16. The van der Waals surface area contributed by atoms with Gasteiger partial charge in [0.15, 0.2) is 0 Å². The number of ether oxygens (including phenoxy) is 1. The van der Waals surface area contributed by atoms with Gasteiger partial charge in [-0.2, -0.15) is 0 Å². The van der Waals surface area contributed by atoms with Crippen molar-refractivity contribution in [1.29, 1.82) is 0 Å². The number of sulfonamides is 1. The van der Waals surface area contributed by atoms with E-state index in [1.54, 1.807) is 17.0 Å². The minimum atomic E-state index is -3.51. The lowest BCUT2D eigenvalue weighted by Crippen LogP contribution is -2.47. The van der Waals surface area contributed by atoms with Crippen LogP contribution in [0.4, 0.5) is 0 Å². The Kier molecular flexibility index (Phi) is 6.15. The van der Waals surface area contributed by atoms with Crippen LogP contribution in [0.5, 0.6) is 0 Å². The van der Waals surface area contributed by atoms with E-state index >= 15 is 0 Å². The average molecular weight is 340 g/mol. The standard InChI is InChI=1S/C16H24N2O4S/c1-3-13-4-6-15(7-5-13)23(20,21)17-14-8-10-18(11-9-14)16(19)12-22-2/h4-7,14,17H,3,8-12H2,1-2H3. The number of benzene rings is 1. The number of hydrogen-bond acceptors (Lipinski definition) is 4. The molecule has 23 heavy (non-hydrogen) atoms. The molecule has 1 aromatic rings. The fourth-order valence-electron chi connectivity index (χ4n) is 2.65. The Morgan fingerprint density at radius 1 is 1.26 bits per heavy atom. The third-order valence-electron chi connectivity index (χ3n) is 4.08. The summed E-state index contributed by atoms with van der Waals surface area (Å²) in [7, 11) is -2.02. The monoisotopic (exact) mass is 340 g/mol. The Morgan fingerprint density at radius 2 is 1.87 bits per heavy atom. The van der Waals surface area contributed by atoms with Crippen molar-refractivity contribution in [3.8, 4) is 0 Å². The molecule has 0 aliphatic carbocycles. The highest BCUT2D eigenvalue weighted by molar-refractivity contribution is 7.89. The Labute approximate surface area is 137 Å². The quantitative estimate of drug-likeness (QED) is 0.843. The Morgan fingerprint density at radius 3 is 2.39 bits per heavy atom. The van der Waals surface area contributed by atoms with Crippen LogP contribution >= 0.6 is 0 Å². The first-order chi connectivity index (χ1) is 11.0. The number of piperidine rings is 1. The summed E-state index contributed by atoms with van der Waals surface area (Å²) in [5, 5.41) is 0. The lowest BCUT2D eigenvalue weighted by molar-refractivity contribution is -0.136. The van der Waals surface area contributed by atoms with Crippen molar-refractivity contribution in [3.63, 3.8) is 0 Å². The molecule has 0 radical (unpaired) electrons. The first kappa shape index (κ1) is 17.9. The maximum atomic E-state index is 12.4. The number of hydrogen-bond donors (Lipinski definition) is 1. The highest BCUT2D eigenvalue weighted by Gasteiger charge is 2.26. The summed E-state index contributed by atoms with van der Waals surface area (Å²) in [6, 6.07) is 6.80. The molecule has 1 aromatic carbocycles. The molecule has 6 nitrogen and oxygen atoms in total. The zero-order valence-corrected chi connectivity index (χ0v) is 14.4. The zero-order valence-electron chi connectivity index (χ0n) is 13.6. The summed E-state index contributed by atoms with van der Waals surface area (Å²) in [4.78, 5) is 13.7. The maximum absolute atomic E-state index is 12.4. The van der Waals surface area contributed by atoms with Crippen molar-refractivity contribution in [2.45, 2.75) is 37.1 Å². The van der Waals surface area contributed by atoms with Gasteiger partial charge in [0.25, 0.3) is 0 Å². The number of methoxy groups -OCH3 is 1. The van der Waals surface area contributed by atoms with Crippen LogP contribution in [-0.4, -0.2) is 52.1 Å². The first-order valence-electron chi connectivity index (χ1n) is 7.84. The van der Waals surface area contributed by atoms with Gasteiger partial charge in [-0.3, -0.25) is 4.79 Å². The molecule has 128 valence electrons. The summed E-state index contributed by atoms with van der Waals surface area (Å²) in [6.45, 7) is 3.19. The molecule has 0 unspecified atom stereocenters. The average Bonchev–Trinajstić information content (AvgIpc) is 2.55. The maximum Gasteiger partial charge on any atom is 0.248 e. The normalized spacial score (nSPS) is 16.5. The molecule has 0 spiro atoms. The fourth-order valence-corrected chi connectivity index (χ4v) is 3.96. The number of nitrogens with one attached hydrogen (secondary N) is 1. The van der Waals surface area contributed by atoms with E-state index < -0.39 is 10.0 Å². The van der Waals surface area contributed by atoms with Crippen molar-refractivity contribution in [1.82, 2.24) is 9.62 Å². The fraction of sp³-hybridized carbons (Fsp3) is 0.562. The molecule has 0 saturated carbocycles. The molecule has 1 saturated heterocycles. The summed E-state index contributed by atoms with van der Waals surface area (Å²) in [5.74, 6) is -0.0519. The SMILES string of the molecule is CCc1ccc(S(=O)(=O)NC2CCN(C(=O)COC)CC2)cc1. The van der Waals surface area contributed by atoms with Gasteiger partial charge < -0.3 is 9.64 Å². The third-order valence-corrected chi connectivity index (χ3v) is 5.62. The van der Waals surface area contributed by atoms with Crippen molar-refractivity contribution < 1.29 is 17.9 Å². The molecule has 2 rings (SSSR count). The van der Waals surface area contributed by atoms with Crippen molar-refractivity contribution in [2.75, 3.05) is 26.8 Å². The zero-order chi connectivity index (χ0) is 16.9. The molecule has 1 amide bonds. The van der Waals surface area contributed by atoms with E-state index in [2.05, 4.69) is 4.72 Å². The van der Waals surface area contributed by atoms with Crippen molar-refractivity contribution >= 4 is 15.9 Å². The van der Waals surface area contributed by atoms with Crippen LogP contribution in [0.2, 0.25) is 0 Å². The van der Waals surface area contributed by atoms with Crippen LogP contribution in [-0.2, 0) is 26.0 Å². The number of amides is 1. The Hall–Kier alpha value is -1.44. The number of carbonyl (C=O) groups excluding carboxylic acids is 1. The minimum absolute atomic E-state index is 0.0519. The number of carbonyl (C=O) groups is 1. The molecule has 1 N–H and O–H groups in total. The van der Waals surface area contributed by atoms with Gasteiger partial charge in [-0.25, -0.2) is 13.1 Å². The van der Waals surface area contributed by atoms with E-state index in [0.29, 0.717) is 25.9 Å². The van der Waals surface area contributed by atoms with E-state index in [9.17, 15) is 13.2 Å². The lowest BCUT2D eigenvalue weighted by Gasteiger charge is -2.32. The van der Waals surface area contributed by atoms with Crippen LogP contribution in [0.3, 0.4) is 0 Å². The van der Waals surface area contributed by atoms with Gasteiger partial charge >= 0.3 is 0 Å². The number of likely N-dealkylation sites (tertiary alicyclic amines) is 1. The van der Waals surface area contributed by atoms with Crippen LogP contribution in [0.1, 0.15) is 25.3 Å². The van der Waals surface area contributed by atoms with Gasteiger partial charge in [0.2, 0.25) is 15.9 Å². The van der Waals surface area contributed by atoms with E-state index in [0.717, 1.165) is 12.0 Å². The molecule has 1 heterocycles. The topological polar surface area (TPSA) is 75.7 Å². The Bertz CT molecular complexity index is 620. The lowest BCUT2D eigenvalue weighted by atomic mass is 10.1. The summed E-state index contributed by atoms with van der Waals surface area (Å²) in [6.07, 6.45) is 2.10. The number of rotatable bonds is 6. The van der Waals surface area contributed by atoms with Gasteiger partial charge in [0.1, 0.15) is 6.61 Å². The van der Waals surface area contributed by atoms with Crippen LogP contribution in [0.25, 0.3) is 0 Å². The number of nitrogens with zero attached hydrogens (tertiary/aromatic N) is 1. The van der Waals surface area contributed by atoms with E-state index in [-0.39, 0.29) is 23.5 Å². The smallest absolute Gasteiger partial charge is 0.248 e. The second-order valence-corrected chi connectivity index (χ2v) is 7.42. The Balaban J connectivity index is 1.93. The summed E-state index contributed by atoms with van der Waals surface area (Å²) >= 11 is 0. The van der Waals surface area contributed by atoms with Gasteiger partial charge in [0.05, 0.1) is 4.90 Å². The van der Waals surface area contributed by atoms with E-state index in [1.807, 2.05) is 19.1 Å². The van der Waals surface area contributed by atoms with E-state index in [4.69, 9.17) is 4.74 Å².